The fourth-order valence-electron chi connectivity index (χ4n) is 1.32. The van der Waals surface area contributed by atoms with Gasteiger partial charge >= 0.3 is 5.97 Å². The second-order valence-electron chi connectivity index (χ2n) is 3.71. The zero-order valence-electron chi connectivity index (χ0n) is 11.5. The lowest BCUT2D eigenvalue weighted by atomic mass is 10.2. The number of aliphatic hydroxyl groups excluding tert-OH is 1. The lowest BCUT2D eigenvalue weighted by molar-refractivity contribution is 0.0457. The minimum absolute atomic E-state index is 0.00714. The van der Waals surface area contributed by atoms with Crippen LogP contribution in [0.1, 0.15) is 29.0 Å². The van der Waals surface area contributed by atoms with Crippen LogP contribution in [0.2, 0.25) is 0 Å². The van der Waals surface area contributed by atoms with Gasteiger partial charge in [-0.1, -0.05) is 5.92 Å². The topological polar surface area (TPSA) is 77.9 Å². The maximum absolute atomic E-state index is 11.6. The van der Waals surface area contributed by atoms with Crippen molar-refractivity contribution in [3.05, 3.63) is 23.5 Å². The van der Waals surface area contributed by atoms with Crippen LogP contribution < -0.4 is 4.74 Å². The average molecular weight is 279 g/mol. The predicted octanol–water partition coefficient (Wildman–Crippen LogP) is 0.975. The van der Waals surface area contributed by atoms with Crippen LogP contribution in [0.25, 0.3) is 0 Å². The molecule has 0 aliphatic carbocycles. The molecule has 0 saturated heterocycles. The number of methoxy groups -OCH3 is 2. The van der Waals surface area contributed by atoms with E-state index >= 15 is 0 Å². The first kappa shape index (κ1) is 16.0. The minimum Gasteiger partial charge on any atom is -0.465 e. The summed E-state index contributed by atoms with van der Waals surface area (Å²) in [6, 6.07) is 3.23. The molecule has 0 atom stereocenters. The van der Waals surface area contributed by atoms with Crippen LogP contribution >= 0.6 is 0 Å². The fourth-order valence-corrected chi connectivity index (χ4v) is 1.32. The highest BCUT2D eigenvalue weighted by Crippen LogP contribution is 2.17. The van der Waals surface area contributed by atoms with Gasteiger partial charge in [0.05, 0.1) is 7.11 Å². The number of hydrogen-bond acceptors (Lipinski definition) is 6. The van der Waals surface area contributed by atoms with Crippen molar-refractivity contribution in [1.29, 1.82) is 0 Å². The van der Waals surface area contributed by atoms with E-state index in [4.69, 9.17) is 14.6 Å². The number of hydrogen-bond donors (Lipinski definition) is 1. The molecule has 0 aromatic carbocycles. The van der Waals surface area contributed by atoms with Crippen molar-refractivity contribution in [1.82, 2.24) is 4.98 Å². The lowest BCUT2D eigenvalue weighted by Gasteiger charge is -2.08. The van der Waals surface area contributed by atoms with Gasteiger partial charge in [-0.25, -0.2) is 9.78 Å². The zero-order chi connectivity index (χ0) is 14.8. The van der Waals surface area contributed by atoms with E-state index in [0.29, 0.717) is 18.5 Å². The Labute approximate surface area is 117 Å². The number of aromatic nitrogens is 1. The van der Waals surface area contributed by atoms with E-state index in [1.807, 2.05) is 0 Å². The lowest BCUT2D eigenvalue weighted by Crippen LogP contribution is -2.10. The molecule has 0 saturated carbocycles. The number of rotatable bonds is 6. The van der Waals surface area contributed by atoms with Gasteiger partial charge in [0.25, 0.3) is 0 Å². The first-order valence-electron chi connectivity index (χ1n) is 6.03. The molecule has 108 valence electrons. The van der Waals surface area contributed by atoms with Crippen LogP contribution in [0.4, 0.5) is 0 Å². The third-order valence-corrected chi connectivity index (χ3v) is 2.25. The summed E-state index contributed by atoms with van der Waals surface area (Å²) < 4.78 is 14.7. The molecule has 0 amide bonds. The fraction of sp³-hybridized carbons (Fsp3) is 0.429. The Morgan fingerprint density at radius 1 is 1.40 bits per heavy atom. The van der Waals surface area contributed by atoms with Gasteiger partial charge in [0, 0.05) is 20.1 Å². The molecule has 0 bridgehead atoms. The van der Waals surface area contributed by atoms with Crippen molar-refractivity contribution in [2.24, 2.45) is 0 Å². The third-order valence-electron chi connectivity index (χ3n) is 2.25. The quantitative estimate of drug-likeness (QED) is 0.362. The number of pyridine rings is 1. The molecule has 6 heteroatoms. The Morgan fingerprint density at radius 3 is 2.85 bits per heavy atom. The number of aliphatic hydroxyl groups is 1. The summed E-state index contributed by atoms with van der Waals surface area (Å²) in [5.41, 5.74) is 0.492. The maximum Gasteiger partial charge on any atom is 0.360 e. The Hall–Kier alpha value is -2.10. The van der Waals surface area contributed by atoms with Crippen LogP contribution in [0.5, 0.6) is 5.75 Å². The third kappa shape index (κ3) is 4.88. The number of esters is 1. The molecule has 0 radical (unpaired) electrons. The number of nitrogens with zero attached hydrogens (tertiary/aromatic N) is 1. The number of unbranched alkanes of at least 4 members (excludes halogenated alkanes) is 1. The maximum atomic E-state index is 11.6. The van der Waals surface area contributed by atoms with Crippen LogP contribution in [0.3, 0.4) is 0 Å². The average Bonchev–Trinajstić information content (AvgIpc) is 2.49. The van der Waals surface area contributed by atoms with E-state index in [1.54, 1.807) is 12.1 Å². The highest BCUT2D eigenvalue weighted by atomic mass is 16.7. The van der Waals surface area contributed by atoms with Gasteiger partial charge in [0.1, 0.15) is 5.69 Å². The molecule has 0 fully saturated rings. The Bertz CT molecular complexity index is 504. The Morgan fingerprint density at radius 2 is 2.20 bits per heavy atom. The van der Waals surface area contributed by atoms with E-state index in [9.17, 15) is 4.79 Å². The molecule has 1 heterocycles. The summed E-state index contributed by atoms with van der Waals surface area (Å²) in [7, 11) is 2.75. The SMILES string of the molecule is COCOc1ccc(C#CCCCO)nc1C(=O)OC. The molecule has 1 rings (SSSR count). The van der Waals surface area contributed by atoms with Crippen LogP contribution in [0, 0.1) is 11.8 Å². The van der Waals surface area contributed by atoms with Gasteiger partial charge in [-0.05, 0) is 24.5 Å². The van der Waals surface area contributed by atoms with Crippen molar-refractivity contribution < 1.29 is 24.1 Å². The summed E-state index contributed by atoms with van der Waals surface area (Å²) in [4.78, 5) is 15.7. The molecule has 0 spiro atoms. The first-order chi connectivity index (χ1) is 9.72. The van der Waals surface area contributed by atoms with Crippen molar-refractivity contribution in [3.63, 3.8) is 0 Å². The summed E-state index contributed by atoms with van der Waals surface area (Å²) in [6.45, 7) is 0.104. The summed E-state index contributed by atoms with van der Waals surface area (Å²) >= 11 is 0. The first-order valence-corrected chi connectivity index (χ1v) is 6.03. The number of carbonyl (C=O) groups is 1. The molecule has 0 unspecified atom stereocenters. The van der Waals surface area contributed by atoms with Gasteiger partial charge < -0.3 is 19.3 Å². The van der Waals surface area contributed by atoms with E-state index < -0.39 is 5.97 Å². The van der Waals surface area contributed by atoms with Crippen LogP contribution in [-0.4, -0.2) is 43.7 Å². The van der Waals surface area contributed by atoms with Crippen molar-refractivity contribution in [3.8, 4) is 17.6 Å². The molecule has 1 aromatic rings. The van der Waals surface area contributed by atoms with Gasteiger partial charge in [0.2, 0.25) is 0 Å². The zero-order valence-corrected chi connectivity index (χ0v) is 11.5. The molecule has 0 aliphatic heterocycles. The van der Waals surface area contributed by atoms with E-state index in [2.05, 4.69) is 21.6 Å². The molecule has 1 aromatic heterocycles. The monoisotopic (exact) mass is 279 g/mol. The van der Waals surface area contributed by atoms with Crippen molar-refractivity contribution in [2.75, 3.05) is 27.6 Å². The van der Waals surface area contributed by atoms with Gasteiger partial charge in [-0.15, -0.1) is 0 Å². The predicted molar refractivity (Wildman–Crippen MR) is 71.3 cm³/mol. The largest absolute Gasteiger partial charge is 0.465 e. The molecular weight excluding hydrogens is 262 g/mol. The molecule has 6 nitrogen and oxygen atoms in total. The summed E-state index contributed by atoms with van der Waals surface area (Å²) in [5, 5.41) is 8.66. The summed E-state index contributed by atoms with van der Waals surface area (Å²) in [5.74, 6) is 5.35. The van der Waals surface area contributed by atoms with Crippen molar-refractivity contribution >= 4 is 5.97 Å². The van der Waals surface area contributed by atoms with Crippen molar-refractivity contribution in [2.45, 2.75) is 12.8 Å². The number of carbonyl (C=O) groups excluding carboxylic acids is 1. The second kappa shape index (κ2) is 8.91. The van der Waals surface area contributed by atoms with Crippen LogP contribution in [0.15, 0.2) is 12.1 Å². The Balaban J connectivity index is 2.94. The highest BCUT2D eigenvalue weighted by Gasteiger charge is 2.15. The van der Waals surface area contributed by atoms with E-state index in [0.717, 1.165) is 0 Å². The molecule has 1 N–H and O–H groups in total. The minimum atomic E-state index is -0.602. The molecule has 0 aliphatic rings. The van der Waals surface area contributed by atoms with E-state index in [1.165, 1.54) is 14.2 Å². The second-order valence-corrected chi connectivity index (χ2v) is 3.71. The van der Waals surface area contributed by atoms with E-state index in [-0.39, 0.29) is 24.8 Å². The highest BCUT2D eigenvalue weighted by molar-refractivity contribution is 5.90. The molecular formula is C14H17NO5. The van der Waals surface area contributed by atoms with Gasteiger partial charge in [-0.2, -0.15) is 0 Å². The smallest absolute Gasteiger partial charge is 0.360 e. The van der Waals surface area contributed by atoms with Gasteiger partial charge in [-0.3, -0.25) is 0 Å². The molecule has 20 heavy (non-hydrogen) atoms. The summed E-state index contributed by atoms with van der Waals surface area (Å²) in [6.07, 6.45) is 1.17. The normalized spacial score (nSPS) is 9.55. The number of ether oxygens (including phenoxy) is 3. The van der Waals surface area contributed by atoms with Gasteiger partial charge in [0.15, 0.2) is 18.2 Å². The standard InChI is InChI=1S/C14H17NO5/c1-18-10-20-12-8-7-11(6-4-3-5-9-16)15-13(12)14(17)19-2/h7-8,16H,3,5,9-10H2,1-2H3. The Kier molecular flexibility index (Phi) is 7.11. The van der Waals surface area contributed by atoms with Crippen LogP contribution in [-0.2, 0) is 9.47 Å².